The largest absolute Gasteiger partial charge is 0.443 e. The van der Waals surface area contributed by atoms with Crippen LogP contribution in [0.1, 0.15) is 133 Å². The number of carbonyl (C=O) groups excluding carboxylic acids is 7. The Morgan fingerprint density at radius 2 is 1.60 bits per heavy atom. The molecule has 1 aliphatic carbocycles. The highest BCUT2D eigenvalue weighted by atomic mass is 16.5. The van der Waals surface area contributed by atoms with Gasteiger partial charge in [-0.25, -0.2) is 9.88 Å². The van der Waals surface area contributed by atoms with Gasteiger partial charge in [-0.2, -0.15) is 4.98 Å². The van der Waals surface area contributed by atoms with Crippen molar-refractivity contribution in [3.8, 4) is 0 Å². The topological polar surface area (TPSA) is 205 Å². The Labute approximate surface area is 365 Å². The van der Waals surface area contributed by atoms with E-state index in [0.29, 0.717) is 36.0 Å². The number of piperidine rings is 1. The van der Waals surface area contributed by atoms with E-state index in [9.17, 15) is 33.6 Å². The normalized spacial score (nSPS) is 16.7. The second-order valence-corrected chi connectivity index (χ2v) is 17.5. The maximum atomic E-state index is 13.7. The van der Waals surface area contributed by atoms with Crippen LogP contribution in [-0.2, 0) is 19.1 Å². The lowest BCUT2D eigenvalue weighted by Crippen LogP contribution is -2.56. The molecule has 0 bridgehead atoms. The summed E-state index contributed by atoms with van der Waals surface area (Å²) < 4.78 is 7.28. The molecule has 2 aliphatic heterocycles. The van der Waals surface area contributed by atoms with Gasteiger partial charge in [0.25, 0.3) is 29.5 Å². The van der Waals surface area contributed by atoms with Crippen LogP contribution < -0.4 is 16.0 Å². The van der Waals surface area contributed by atoms with Crippen LogP contribution in [0.4, 0.5) is 17.3 Å². The van der Waals surface area contributed by atoms with E-state index in [4.69, 9.17) is 9.72 Å². The third-order valence-electron chi connectivity index (χ3n) is 11.7. The second-order valence-electron chi connectivity index (χ2n) is 17.5. The molecule has 0 radical (unpaired) electrons. The molecular weight excluding hydrogens is 807 g/mol. The monoisotopic (exact) mass is 861 g/mol. The number of likely N-dealkylation sites (tertiary alicyclic amines) is 1. The number of anilines is 3. The number of nitrogens with zero attached hydrogens (tertiary/aromatic N) is 6. The Morgan fingerprint density at radius 1 is 0.889 bits per heavy atom. The first kappa shape index (κ1) is 44.4. The summed E-state index contributed by atoms with van der Waals surface area (Å²) in [6.45, 7) is 5.38. The number of hydrogen-bond donors (Lipinski definition) is 3. The van der Waals surface area contributed by atoms with E-state index >= 15 is 0 Å². The van der Waals surface area contributed by atoms with Gasteiger partial charge >= 0.3 is 5.97 Å². The maximum Gasteiger partial charge on any atom is 0.312 e. The average molecular weight is 862 g/mol. The van der Waals surface area contributed by atoms with Gasteiger partial charge in [-0.3, -0.25) is 38.5 Å². The standard InChI is InChI=1S/C46H55N9O8/c1-46(2,3)44(62)63-27-53-36(56)22-21-34(42(53)60)55-40(58)32-15-12-16-33(37(32)43(55)61)47-23-10-6-7-11-24-48-39(57)28-17-19-30(20-18-28)50-45-49-26-29-25-35(41(59)52(4)5)54(38(29)51-45)31-13-8-9-14-31/h12,15-20,25-26,31,34,47H,6-11,13-14,21-24,27H2,1-5H3,(H,48,57)(H,49,50,51). The number of benzene rings is 2. The van der Waals surface area contributed by atoms with Gasteiger partial charge in [-0.15, -0.1) is 0 Å². The first-order valence-electron chi connectivity index (χ1n) is 21.6. The molecule has 4 heterocycles. The fourth-order valence-electron chi connectivity index (χ4n) is 8.23. The highest BCUT2D eigenvalue weighted by Crippen LogP contribution is 2.36. The van der Waals surface area contributed by atoms with Gasteiger partial charge in [-0.1, -0.05) is 31.7 Å². The van der Waals surface area contributed by atoms with Crippen LogP contribution in [0, 0.1) is 5.41 Å². The van der Waals surface area contributed by atoms with Crippen molar-refractivity contribution in [2.45, 2.75) is 97.1 Å². The van der Waals surface area contributed by atoms with E-state index in [-0.39, 0.29) is 41.8 Å². The molecule has 332 valence electrons. The molecule has 1 saturated heterocycles. The third kappa shape index (κ3) is 9.56. The van der Waals surface area contributed by atoms with E-state index in [1.807, 2.05) is 6.07 Å². The van der Waals surface area contributed by atoms with Gasteiger partial charge in [0.1, 0.15) is 17.4 Å². The minimum Gasteiger partial charge on any atom is -0.443 e. The zero-order chi connectivity index (χ0) is 45.0. The lowest BCUT2D eigenvalue weighted by molar-refractivity contribution is -0.168. The summed E-state index contributed by atoms with van der Waals surface area (Å²) in [4.78, 5) is 104. The molecule has 17 nitrogen and oxygen atoms in total. The Bertz CT molecular complexity index is 2430. The Kier molecular flexibility index (Phi) is 13.2. The first-order valence-corrected chi connectivity index (χ1v) is 21.6. The summed E-state index contributed by atoms with van der Waals surface area (Å²) in [5, 5.41) is 10.3. The van der Waals surface area contributed by atoms with Gasteiger partial charge in [0, 0.05) is 68.2 Å². The van der Waals surface area contributed by atoms with Crippen molar-refractivity contribution >= 4 is 69.8 Å². The first-order chi connectivity index (χ1) is 30.1. The van der Waals surface area contributed by atoms with Crippen LogP contribution in [0.15, 0.2) is 54.7 Å². The van der Waals surface area contributed by atoms with Crippen molar-refractivity contribution < 1.29 is 38.3 Å². The quantitative estimate of drug-likeness (QED) is 0.0669. The second kappa shape index (κ2) is 18.8. The predicted molar refractivity (Wildman–Crippen MR) is 234 cm³/mol. The molecule has 6 amide bonds. The number of fused-ring (bicyclic) bond motifs is 2. The van der Waals surface area contributed by atoms with E-state index in [2.05, 4.69) is 25.5 Å². The molecular formula is C46H55N9O8. The van der Waals surface area contributed by atoms with Crippen LogP contribution in [0.25, 0.3) is 11.0 Å². The van der Waals surface area contributed by atoms with Crippen molar-refractivity contribution in [1.29, 1.82) is 0 Å². The van der Waals surface area contributed by atoms with E-state index < -0.39 is 47.8 Å². The number of unbranched alkanes of at least 4 members (excludes halogenated alkanes) is 3. The zero-order valence-corrected chi connectivity index (χ0v) is 36.5. The number of carbonyl (C=O) groups is 7. The molecule has 1 atom stereocenters. The summed E-state index contributed by atoms with van der Waals surface area (Å²) in [5.74, 6) is -2.98. The molecule has 17 heteroatoms. The predicted octanol–water partition coefficient (Wildman–Crippen LogP) is 6.05. The molecule has 1 unspecified atom stereocenters. The van der Waals surface area contributed by atoms with Crippen LogP contribution in [0.3, 0.4) is 0 Å². The van der Waals surface area contributed by atoms with E-state index in [0.717, 1.165) is 77.9 Å². The molecule has 0 spiro atoms. The molecule has 2 fully saturated rings. The van der Waals surface area contributed by atoms with Gasteiger partial charge in [0.2, 0.25) is 11.9 Å². The van der Waals surface area contributed by atoms with E-state index in [1.54, 1.807) is 88.4 Å². The molecule has 1 saturated carbocycles. The number of ether oxygens (including phenoxy) is 1. The molecule has 4 aromatic rings. The molecule has 3 N–H and O–H groups in total. The van der Waals surface area contributed by atoms with Crippen molar-refractivity contribution in [2.24, 2.45) is 5.41 Å². The molecule has 63 heavy (non-hydrogen) atoms. The molecule has 2 aromatic heterocycles. The van der Waals surface area contributed by atoms with Crippen molar-refractivity contribution in [1.82, 2.24) is 34.6 Å². The average Bonchev–Trinajstić information content (AvgIpc) is 3.98. The van der Waals surface area contributed by atoms with Gasteiger partial charge < -0.3 is 30.2 Å². The van der Waals surface area contributed by atoms with Crippen LogP contribution in [-0.4, -0.2) is 111 Å². The summed E-state index contributed by atoms with van der Waals surface area (Å²) in [6.07, 6.45) is 9.09. The van der Waals surface area contributed by atoms with E-state index in [1.165, 1.54) is 0 Å². The number of amides is 6. The zero-order valence-electron chi connectivity index (χ0n) is 36.5. The number of aromatic nitrogens is 3. The fraction of sp³-hybridized carbons (Fsp3) is 0.457. The Hall–Kier alpha value is -6.65. The third-order valence-corrected chi connectivity index (χ3v) is 11.7. The van der Waals surface area contributed by atoms with Crippen LogP contribution in [0.5, 0.6) is 0 Å². The number of imide groups is 2. The van der Waals surface area contributed by atoms with Gasteiger partial charge in [0.05, 0.1) is 16.5 Å². The van der Waals surface area contributed by atoms with Crippen LogP contribution >= 0.6 is 0 Å². The lowest BCUT2D eigenvalue weighted by atomic mass is 9.97. The minimum absolute atomic E-state index is 0.0197. The van der Waals surface area contributed by atoms with Crippen LogP contribution in [0.2, 0.25) is 0 Å². The SMILES string of the molecule is CN(C)C(=O)c1cc2cnc(Nc3ccc(C(=O)NCCCCCCNc4cccc5c4C(=O)N(C4CCC(=O)N(COC(=O)C(C)(C)C)C4=O)C5=O)cc3)nc2n1C1CCCC1. The fourth-order valence-corrected chi connectivity index (χ4v) is 8.23. The van der Waals surface area contributed by atoms with Crippen molar-refractivity contribution in [2.75, 3.05) is 44.5 Å². The highest BCUT2D eigenvalue weighted by molar-refractivity contribution is 6.25. The number of esters is 1. The summed E-state index contributed by atoms with van der Waals surface area (Å²) in [6, 6.07) is 12.9. The van der Waals surface area contributed by atoms with Crippen molar-refractivity contribution in [3.05, 3.63) is 77.1 Å². The Morgan fingerprint density at radius 3 is 2.30 bits per heavy atom. The smallest absolute Gasteiger partial charge is 0.312 e. The number of hydrogen-bond acceptors (Lipinski definition) is 12. The lowest BCUT2D eigenvalue weighted by Gasteiger charge is -2.34. The Balaban J connectivity index is 0.849. The number of rotatable bonds is 16. The molecule has 7 rings (SSSR count). The molecule has 3 aliphatic rings. The summed E-state index contributed by atoms with van der Waals surface area (Å²) in [5.41, 5.74) is 2.56. The van der Waals surface area contributed by atoms with Gasteiger partial charge in [0.15, 0.2) is 6.73 Å². The summed E-state index contributed by atoms with van der Waals surface area (Å²) in [7, 11) is 3.50. The number of nitrogens with one attached hydrogen (secondary N) is 3. The maximum absolute atomic E-state index is 13.7. The highest BCUT2D eigenvalue weighted by Gasteiger charge is 2.48. The minimum atomic E-state index is -1.20. The van der Waals surface area contributed by atoms with Crippen molar-refractivity contribution in [3.63, 3.8) is 0 Å². The molecule has 2 aromatic carbocycles. The van der Waals surface area contributed by atoms with Gasteiger partial charge in [-0.05, 0) is 95.3 Å². The summed E-state index contributed by atoms with van der Waals surface area (Å²) >= 11 is 0.